The van der Waals surface area contributed by atoms with Gasteiger partial charge in [0.05, 0.1) is 11.8 Å². The van der Waals surface area contributed by atoms with Crippen LogP contribution in [0.1, 0.15) is 12.0 Å². The van der Waals surface area contributed by atoms with Gasteiger partial charge < -0.3 is 10.0 Å². The number of hydrogen-bond acceptors (Lipinski definition) is 3. The third-order valence-corrected chi connectivity index (χ3v) is 3.23. The van der Waals surface area contributed by atoms with E-state index in [0.717, 1.165) is 30.8 Å². The van der Waals surface area contributed by atoms with Gasteiger partial charge in [0, 0.05) is 31.7 Å². The maximum absolute atomic E-state index is 12.9. The van der Waals surface area contributed by atoms with E-state index in [4.69, 9.17) is 10.4 Å². The first-order valence-electron chi connectivity index (χ1n) is 5.96. The molecule has 0 aliphatic carbocycles. The summed E-state index contributed by atoms with van der Waals surface area (Å²) in [6.45, 7) is 1.72. The summed E-state index contributed by atoms with van der Waals surface area (Å²) in [7, 11) is 0. The molecule has 1 aliphatic heterocycles. The van der Waals surface area contributed by atoms with Crippen LogP contribution in [-0.4, -0.2) is 29.7 Å². The summed E-state index contributed by atoms with van der Waals surface area (Å²) in [5.74, 6) is -0.0303. The fourth-order valence-electron chi connectivity index (χ4n) is 2.24. The topological polar surface area (TPSA) is 47.3 Å². The molecule has 1 N–H and O–H groups in total. The van der Waals surface area contributed by atoms with Crippen molar-refractivity contribution in [3.63, 3.8) is 0 Å². The number of allylic oxidation sites excluding steroid dienone is 1. The highest BCUT2D eigenvalue weighted by molar-refractivity contribution is 5.66. The predicted octanol–water partition coefficient (Wildman–Crippen LogP) is 2.00. The van der Waals surface area contributed by atoms with Crippen LogP contribution in [0, 0.1) is 23.1 Å². The van der Waals surface area contributed by atoms with E-state index in [-0.39, 0.29) is 18.3 Å². The normalized spacial score (nSPS) is 19.9. The number of benzene rings is 1. The van der Waals surface area contributed by atoms with E-state index >= 15 is 0 Å². The summed E-state index contributed by atoms with van der Waals surface area (Å²) < 4.78 is 12.9. The lowest BCUT2D eigenvalue weighted by Gasteiger charge is -2.21. The number of likely N-dealkylation sites (tertiary alicyclic amines) is 1. The third kappa shape index (κ3) is 2.69. The van der Waals surface area contributed by atoms with Crippen LogP contribution in [0.15, 0.2) is 30.3 Å². The first kappa shape index (κ1) is 12.6. The number of aliphatic hydroxyl groups excluding tert-OH is 1. The van der Waals surface area contributed by atoms with Gasteiger partial charge in [-0.3, -0.25) is 0 Å². The summed E-state index contributed by atoms with van der Waals surface area (Å²) in [6, 6.07) is 8.15. The highest BCUT2D eigenvalue weighted by atomic mass is 19.1. The zero-order chi connectivity index (χ0) is 13.0. The molecule has 0 amide bonds. The second-order valence-corrected chi connectivity index (χ2v) is 4.45. The van der Waals surface area contributed by atoms with Gasteiger partial charge in [0.2, 0.25) is 0 Å². The molecule has 18 heavy (non-hydrogen) atoms. The van der Waals surface area contributed by atoms with Crippen molar-refractivity contribution in [2.24, 2.45) is 5.92 Å². The number of halogens is 1. The Morgan fingerprint density at radius 3 is 2.78 bits per heavy atom. The van der Waals surface area contributed by atoms with Gasteiger partial charge in [0.1, 0.15) is 5.82 Å². The van der Waals surface area contributed by atoms with Crippen molar-refractivity contribution < 1.29 is 9.50 Å². The van der Waals surface area contributed by atoms with Gasteiger partial charge in [0.15, 0.2) is 0 Å². The quantitative estimate of drug-likeness (QED) is 0.830. The lowest BCUT2D eigenvalue weighted by Crippen LogP contribution is -2.20. The summed E-state index contributed by atoms with van der Waals surface area (Å²) in [6.07, 6.45) is 2.40. The van der Waals surface area contributed by atoms with E-state index < -0.39 is 0 Å². The molecule has 1 heterocycles. The van der Waals surface area contributed by atoms with E-state index in [2.05, 4.69) is 4.90 Å². The van der Waals surface area contributed by atoms with Crippen LogP contribution >= 0.6 is 0 Å². The van der Waals surface area contributed by atoms with Crippen LogP contribution in [0.4, 0.5) is 4.39 Å². The summed E-state index contributed by atoms with van der Waals surface area (Å²) in [5, 5.41) is 18.0. The molecular formula is C14H15FN2O. The minimum absolute atomic E-state index is 0.166. The van der Waals surface area contributed by atoms with E-state index in [0.29, 0.717) is 0 Å². The smallest absolute Gasteiger partial charge is 0.123 e. The van der Waals surface area contributed by atoms with Crippen molar-refractivity contribution in [2.45, 2.75) is 6.42 Å². The van der Waals surface area contributed by atoms with Gasteiger partial charge in [0.25, 0.3) is 0 Å². The molecule has 1 fully saturated rings. The minimum atomic E-state index is -0.287. The number of nitriles is 1. The second-order valence-electron chi connectivity index (χ2n) is 4.45. The zero-order valence-corrected chi connectivity index (χ0v) is 10.0. The first-order chi connectivity index (χ1) is 8.74. The predicted molar refractivity (Wildman–Crippen MR) is 66.8 cm³/mol. The van der Waals surface area contributed by atoms with Crippen molar-refractivity contribution in [3.05, 3.63) is 41.7 Å². The monoisotopic (exact) mass is 246 g/mol. The molecule has 94 valence electrons. The fourth-order valence-corrected chi connectivity index (χ4v) is 2.24. The number of hydrogen-bond donors (Lipinski definition) is 1. The summed E-state index contributed by atoms with van der Waals surface area (Å²) >= 11 is 0. The van der Waals surface area contributed by atoms with Crippen LogP contribution in [0.2, 0.25) is 0 Å². The number of rotatable bonds is 3. The molecule has 0 bridgehead atoms. The van der Waals surface area contributed by atoms with Crippen LogP contribution in [0.5, 0.6) is 0 Å². The van der Waals surface area contributed by atoms with Crippen molar-refractivity contribution in [2.75, 3.05) is 19.7 Å². The molecule has 1 saturated heterocycles. The van der Waals surface area contributed by atoms with E-state index in [1.165, 1.54) is 18.2 Å². The number of nitrogens with zero attached hydrogens (tertiary/aromatic N) is 2. The lowest BCUT2D eigenvalue weighted by atomic mass is 10.1. The molecular weight excluding hydrogens is 231 g/mol. The van der Waals surface area contributed by atoms with Gasteiger partial charge in [-0.15, -0.1) is 0 Å². The van der Waals surface area contributed by atoms with E-state index in [1.54, 1.807) is 12.1 Å². The third-order valence-electron chi connectivity index (χ3n) is 3.23. The molecule has 1 aromatic rings. The molecule has 0 radical (unpaired) electrons. The molecule has 1 unspecified atom stereocenters. The van der Waals surface area contributed by atoms with Crippen molar-refractivity contribution in [1.82, 2.24) is 4.90 Å². The summed E-state index contributed by atoms with van der Waals surface area (Å²) in [5.41, 5.74) is 1.63. The second kappa shape index (κ2) is 5.65. The van der Waals surface area contributed by atoms with Gasteiger partial charge >= 0.3 is 0 Å². The Morgan fingerprint density at radius 2 is 2.22 bits per heavy atom. The molecule has 1 atom stereocenters. The van der Waals surface area contributed by atoms with Crippen LogP contribution < -0.4 is 0 Å². The Bertz CT molecular complexity index is 476. The molecule has 3 nitrogen and oxygen atoms in total. The van der Waals surface area contributed by atoms with Crippen molar-refractivity contribution in [3.8, 4) is 6.07 Å². The molecule has 1 aromatic carbocycles. The molecule has 1 aliphatic rings. The molecule has 0 spiro atoms. The summed E-state index contributed by atoms with van der Waals surface area (Å²) in [4.78, 5) is 2.07. The SMILES string of the molecule is N#C/C=C(\c1ccc(F)cc1)N1CCC(CO)C1. The van der Waals surface area contributed by atoms with Crippen LogP contribution in [0.3, 0.4) is 0 Å². The molecule has 4 heteroatoms. The highest BCUT2D eigenvalue weighted by Crippen LogP contribution is 2.26. The Labute approximate surface area is 106 Å². The van der Waals surface area contributed by atoms with Gasteiger partial charge in [-0.1, -0.05) is 0 Å². The van der Waals surface area contributed by atoms with Gasteiger partial charge in [-0.25, -0.2) is 4.39 Å². The maximum Gasteiger partial charge on any atom is 0.123 e. The fraction of sp³-hybridized carbons (Fsp3) is 0.357. The Kier molecular flexibility index (Phi) is 3.96. The average Bonchev–Trinajstić information content (AvgIpc) is 2.86. The van der Waals surface area contributed by atoms with E-state index in [1.807, 2.05) is 6.07 Å². The molecule has 2 rings (SSSR count). The van der Waals surface area contributed by atoms with E-state index in [9.17, 15) is 4.39 Å². The lowest BCUT2D eigenvalue weighted by molar-refractivity contribution is 0.231. The Balaban J connectivity index is 2.22. The average molecular weight is 246 g/mol. The highest BCUT2D eigenvalue weighted by Gasteiger charge is 2.24. The standard InChI is InChI=1S/C14H15FN2O/c15-13-3-1-12(2-4-13)14(5-7-16)17-8-6-11(9-17)10-18/h1-5,11,18H,6,8-10H2/b14-5+. The first-order valence-corrected chi connectivity index (χ1v) is 5.96. The van der Waals surface area contributed by atoms with Crippen LogP contribution in [-0.2, 0) is 0 Å². The van der Waals surface area contributed by atoms with Crippen molar-refractivity contribution in [1.29, 1.82) is 5.26 Å². The molecule has 0 aromatic heterocycles. The van der Waals surface area contributed by atoms with Crippen LogP contribution in [0.25, 0.3) is 5.70 Å². The zero-order valence-electron chi connectivity index (χ0n) is 10.0. The minimum Gasteiger partial charge on any atom is -0.396 e. The van der Waals surface area contributed by atoms with Crippen molar-refractivity contribution >= 4 is 5.70 Å². The van der Waals surface area contributed by atoms with Gasteiger partial charge in [-0.05, 0) is 36.2 Å². The Morgan fingerprint density at radius 1 is 1.50 bits per heavy atom. The van der Waals surface area contributed by atoms with Gasteiger partial charge in [-0.2, -0.15) is 5.26 Å². The number of aliphatic hydroxyl groups is 1. The largest absolute Gasteiger partial charge is 0.396 e. The Hall–Kier alpha value is -1.86. The maximum atomic E-state index is 12.9. The molecule has 0 saturated carbocycles.